The second-order valence-electron chi connectivity index (χ2n) is 5.11. The van der Waals surface area contributed by atoms with Crippen LogP contribution in [-0.4, -0.2) is 46.5 Å². The number of imidazole rings is 1. The van der Waals surface area contributed by atoms with E-state index in [0.717, 1.165) is 48.5 Å². The molecule has 5 heteroatoms. The molecule has 0 amide bonds. The van der Waals surface area contributed by atoms with Crippen LogP contribution < -0.4 is 5.32 Å². The average molecular weight is 323 g/mol. The van der Waals surface area contributed by atoms with Gasteiger partial charge in [0.15, 0.2) is 0 Å². The highest BCUT2D eigenvalue weighted by atomic mass is 79.9. The molecule has 0 bridgehead atoms. The first-order valence-electron chi connectivity index (χ1n) is 6.82. The molecule has 0 spiro atoms. The Hall–Kier alpha value is -0.910. The molecule has 0 aliphatic carbocycles. The molecule has 1 fully saturated rings. The van der Waals surface area contributed by atoms with Crippen LogP contribution in [0.5, 0.6) is 0 Å². The Bertz CT molecular complexity index is 560. The quantitative estimate of drug-likeness (QED) is 0.937. The van der Waals surface area contributed by atoms with Gasteiger partial charge in [0.1, 0.15) is 10.4 Å². The number of pyridine rings is 1. The third-order valence-corrected chi connectivity index (χ3v) is 4.41. The third kappa shape index (κ3) is 2.68. The van der Waals surface area contributed by atoms with E-state index in [2.05, 4.69) is 60.8 Å². The molecule has 4 nitrogen and oxygen atoms in total. The standard InChI is InChI=1S/C14H19BrN4/c1-11(18-8-5-16-6-9-18)10-13-17-14(15)12-4-2-3-7-19(12)13/h2-4,7,11,16H,5-6,8-10H2,1H3. The van der Waals surface area contributed by atoms with Crippen LogP contribution in [0.25, 0.3) is 5.52 Å². The maximum atomic E-state index is 4.66. The zero-order valence-electron chi connectivity index (χ0n) is 11.1. The van der Waals surface area contributed by atoms with E-state index in [0.29, 0.717) is 6.04 Å². The summed E-state index contributed by atoms with van der Waals surface area (Å²) in [6.45, 7) is 6.74. The first-order chi connectivity index (χ1) is 9.25. The number of hydrogen-bond acceptors (Lipinski definition) is 3. The van der Waals surface area contributed by atoms with E-state index in [4.69, 9.17) is 0 Å². The molecule has 2 aromatic rings. The van der Waals surface area contributed by atoms with Crippen molar-refractivity contribution >= 4 is 21.4 Å². The summed E-state index contributed by atoms with van der Waals surface area (Å²) in [5.74, 6) is 1.13. The van der Waals surface area contributed by atoms with Gasteiger partial charge in [0.05, 0.1) is 5.52 Å². The molecule has 1 N–H and O–H groups in total. The minimum atomic E-state index is 0.528. The Morgan fingerprint density at radius 3 is 2.95 bits per heavy atom. The number of hydrogen-bond donors (Lipinski definition) is 1. The maximum absolute atomic E-state index is 4.66. The van der Waals surface area contributed by atoms with Crippen LogP contribution in [0, 0.1) is 0 Å². The van der Waals surface area contributed by atoms with Gasteiger partial charge >= 0.3 is 0 Å². The van der Waals surface area contributed by atoms with Crippen molar-refractivity contribution in [2.75, 3.05) is 26.2 Å². The van der Waals surface area contributed by atoms with Gasteiger partial charge in [-0.3, -0.25) is 4.90 Å². The number of nitrogens with one attached hydrogen (secondary N) is 1. The van der Waals surface area contributed by atoms with Gasteiger partial charge in [-0.2, -0.15) is 0 Å². The predicted octanol–water partition coefficient (Wildman–Crippen LogP) is 1.93. The van der Waals surface area contributed by atoms with E-state index in [1.54, 1.807) is 0 Å². The van der Waals surface area contributed by atoms with Crippen LogP contribution in [-0.2, 0) is 6.42 Å². The van der Waals surface area contributed by atoms with E-state index in [9.17, 15) is 0 Å². The van der Waals surface area contributed by atoms with E-state index >= 15 is 0 Å². The molecular formula is C14H19BrN4. The predicted molar refractivity (Wildman–Crippen MR) is 80.5 cm³/mol. The third-order valence-electron chi connectivity index (χ3n) is 3.83. The molecule has 2 aromatic heterocycles. The number of rotatable bonds is 3. The van der Waals surface area contributed by atoms with Crippen LogP contribution >= 0.6 is 15.9 Å². The molecular weight excluding hydrogens is 304 g/mol. The van der Waals surface area contributed by atoms with Crippen LogP contribution in [0.4, 0.5) is 0 Å². The zero-order valence-corrected chi connectivity index (χ0v) is 12.7. The fourth-order valence-corrected chi connectivity index (χ4v) is 3.25. The first kappa shape index (κ1) is 13.1. The van der Waals surface area contributed by atoms with Crippen molar-refractivity contribution in [3.8, 4) is 0 Å². The lowest BCUT2D eigenvalue weighted by molar-refractivity contribution is 0.181. The van der Waals surface area contributed by atoms with Gasteiger partial charge < -0.3 is 9.72 Å². The Kier molecular flexibility index (Phi) is 3.86. The molecule has 1 unspecified atom stereocenters. The van der Waals surface area contributed by atoms with Gasteiger partial charge in [0.2, 0.25) is 0 Å². The minimum absolute atomic E-state index is 0.528. The van der Waals surface area contributed by atoms with Crippen molar-refractivity contribution in [2.24, 2.45) is 0 Å². The monoisotopic (exact) mass is 322 g/mol. The van der Waals surface area contributed by atoms with Crippen LogP contribution in [0.3, 0.4) is 0 Å². The Labute approximate surface area is 121 Å². The number of nitrogens with zero attached hydrogens (tertiary/aromatic N) is 3. The summed E-state index contributed by atoms with van der Waals surface area (Å²) in [4.78, 5) is 7.20. The Morgan fingerprint density at radius 1 is 1.37 bits per heavy atom. The van der Waals surface area contributed by atoms with Gasteiger partial charge in [-0.15, -0.1) is 0 Å². The van der Waals surface area contributed by atoms with Gasteiger partial charge in [-0.25, -0.2) is 4.98 Å². The van der Waals surface area contributed by atoms with Crippen molar-refractivity contribution in [1.29, 1.82) is 0 Å². The molecule has 1 saturated heterocycles. The van der Waals surface area contributed by atoms with Crippen molar-refractivity contribution in [3.63, 3.8) is 0 Å². The number of piperazine rings is 1. The van der Waals surface area contributed by atoms with E-state index in [-0.39, 0.29) is 0 Å². The summed E-state index contributed by atoms with van der Waals surface area (Å²) in [7, 11) is 0. The van der Waals surface area contributed by atoms with Gasteiger partial charge in [-0.05, 0) is 35.0 Å². The lowest BCUT2D eigenvalue weighted by Gasteiger charge is -2.32. The number of fused-ring (bicyclic) bond motifs is 1. The molecule has 3 rings (SSSR count). The fourth-order valence-electron chi connectivity index (χ4n) is 2.72. The van der Waals surface area contributed by atoms with Crippen molar-refractivity contribution in [2.45, 2.75) is 19.4 Å². The highest BCUT2D eigenvalue weighted by molar-refractivity contribution is 9.10. The van der Waals surface area contributed by atoms with E-state index < -0.39 is 0 Å². The molecule has 3 heterocycles. The Balaban J connectivity index is 1.81. The van der Waals surface area contributed by atoms with Gasteiger partial charge in [0, 0.05) is 44.8 Å². The topological polar surface area (TPSA) is 32.6 Å². The van der Waals surface area contributed by atoms with Crippen LogP contribution in [0.1, 0.15) is 12.7 Å². The smallest absolute Gasteiger partial charge is 0.132 e. The maximum Gasteiger partial charge on any atom is 0.132 e. The lowest BCUT2D eigenvalue weighted by atomic mass is 10.1. The summed E-state index contributed by atoms with van der Waals surface area (Å²) in [6, 6.07) is 6.72. The minimum Gasteiger partial charge on any atom is -0.314 e. The van der Waals surface area contributed by atoms with Crippen LogP contribution in [0.2, 0.25) is 0 Å². The van der Waals surface area contributed by atoms with Crippen molar-refractivity contribution < 1.29 is 0 Å². The fraction of sp³-hybridized carbons (Fsp3) is 0.500. The second kappa shape index (κ2) is 5.61. The zero-order chi connectivity index (χ0) is 13.2. The molecule has 1 atom stereocenters. The van der Waals surface area contributed by atoms with E-state index in [1.807, 2.05) is 6.07 Å². The highest BCUT2D eigenvalue weighted by Gasteiger charge is 2.19. The van der Waals surface area contributed by atoms with Gasteiger partial charge in [0.25, 0.3) is 0 Å². The van der Waals surface area contributed by atoms with Crippen LogP contribution in [0.15, 0.2) is 29.0 Å². The second-order valence-corrected chi connectivity index (χ2v) is 5.86. The average Bonchev–Trinajstić information content (AvgIpc) is 2.77. The Morgan fingerprint density at radius 2 is 2.16 bits per heavy atom. The number of halogens is 1. The largest absolute Gasteiger partial charge is 0.314 e. The summed E-state index contributed by atoms with van der Waals surface area (Å²) in [6.07, 6.45) is 3.07. The molecule has 102 valence electrons. The van der Waals surface area contributed by atoms with Crippen molar-refractivity contribution in [1.82, 2.24) is 19.6 Å². The summed E-state index contributed by atoms with van der Waals surface area (Å²) in [5.41, 5.74) is 1.14. The SMILES string of the molecule is CC(Cc1nc(Br)c2ccccn12)N1CCNCC1. The summed E-state index contributed by atoms with van der Waals surface area (Å²) < 4.78 is 3.12. The molecule has 0 saturated carbocycles. The summed E-state index contributed by atoms with van der Waals surface area (Å²) >= 11 is 3.55. The normalized spacial score (nSPS) is 18.8. The first-order valence-corrected chi connectivity index (χ1v) is 7.61. The molecule has 0 aromatic carbocycles. The van der Waals surface area contributed by atoms with Gasteiger partial charge in [-0.1, -0.05) is 6.07 Å². The molecule has 0 radical (unpaired) electrons. The molecule has 1 aliphatic rings. The summed E-state index contributed by atoms with van der Waals surface area (Å²) in [5, 5.41) is 3.40. The molecule has 1 aliphatic heterocycles. The van der Waals surface area contributed by atoms with Crippen molar-refractivity contribution in [3.05, 3.63) is 34.8 Å². The highest BCUT2D eigenvalue weighted by Crippen LogP contribution is 2.20. The number of aromatic nitrogens is 2. The lowest BCUT2D eigenvalue weighted by Crippen LogP contribution is -2.48. The van der Waals surface area contributed by atoms with E-state index in [1.165, 1.54) is 0 Å². The molecule has 19 heavy (non-hydrogen) atoms.